The van der Waals surface area contributed by atoms with Crippen molar-refractivity contribution in [2.45, 2.75) is 28.5 Å². The van der Waals surface area contributed by atoms with Crippen molar-refractivity contribution in [3.8, 4) is 5.75 Å². The molecule has 1 N–H and O–H groups in total. The van der Waals surface area contributed by atoms with Crippen LogP contribution in [-0.4, -0.2) is 63.6 Å². The predicted molar refractivity (Wildman–Crippen MR) is 143 cm³/mol. The van der Waals surface area contributed by atoms with E-state index in [9.17, 15) is 23.6 Å². The maximum absolute atomic E-state index is 14.2. The van der Waals surface area contributed by atoms with E-state index in [1.54, 1.807) is 24.3 Å². The first kappa shape index (κ1) is 26.9. The zero-order chi connectivity index (χ0) is 28.6. The lowest BCUT2D eigenvalue weighted by atomic mass is 9.56. The van der Waals surface area contributed by atoms with Crippen molar-refractivity contribution < 1.29 is 33.4 Å². The molecule has 6 rings (SSSR count). The molecule has 6 atom stereocenters. The highest BCUT2D eigenvalue weighted by molar-refractivity contribution is 6.58. The lowest BCUT2D eigenvalue weighted by Crippen LogP contribution is -2.60. The Kier molecular flexibility index (Phi) is 6.32. The maximum atomic E-state index is 14.2. The number of alkyl halides is 2. The van der Waals surface area contributed by atoms with Crippen LogP contribution in [0.25, 0.3) is 0 Å². The van der Waals surface area contributed by atoms with E-state index in [2.05, 4.69) is 0 Å². The minimum absolute atomic E-state index is 0.0899. The molecule has 2 aromatic carbocycles. The van der Waals surface area contributed by atoms with Crippen LogP contribution in [0.15, 0.2) is 60.2 Å². The van der Waals surface area contributed by atoms with Gasteiger partial charge in [-0.25, -0.2) is 9.29 Å². The summed E-state index contributed by atoms with van der Waals surface area (Å²) >= 11 is 14.5. The van der Waals surface area contributed by atoms with Crippen LogP contribution in [0.3, 0.4) is 0 Å². The van der Waals surface area contributed by atoms with Gasteiger partial charge in [0.25, 0.3) is 11.8 Å². The fourth-order valence-corrected chi connectivity index (χ4v) is 7.79. The Bertz CT molecular complexity index is 1460. The molecule has 11 heteroatoms. The Hall–Kier alpha value is -3.27. The molecule has 0 radical (unpaired) electrons. The number of halogens is 3. The Morgan fingerprint density at radius 1 is 0.975 bits per heavy atom. The molecule has 6 unspecified atom stereocenters. The zero-order valence-corrected chi connectivity index (χ0v) is 22.9. The number of allylic oxidation sites excluding steroid dienone is 2. The minimum Gasteiger partial charge on any atom is -0.491 e. The number of rotatable bonds is 5. The molecule has 0 bridgehead atoms. The number of aliphatic hydroxyl groups is 1. The second kappa shape index (κ2) is 9.39. The predicted octanol–water partition coefficient (Wildman–Crippen LogP) is 3.39. The van der Waals surface area contributed by atoms with E-state index >= 15 is 0 Å². The number of anilines is 1. The smallest absolute Gasteiger partial charge is 0.258 e. The summed E-state index contributed by atoms with van der Waals surface area (Å²) in [7, 11) is 1.44. The number of nitrogens with zero attached hydrogens (tertiary/aromatic N) is 2. The molecule has 2 aliphatic heterocycles. The number of carbonyl (C=O) groups is 4. The van der Waals surface area contributed by atoms with Gasteiger partial charge in [-0.2, -0.15) is 0 Å². The fourth-order valence-electron chi connectivity index (χ4n) is 6.85. The number of fused-ring (bicyclic) bond motifs is 4. The van der Waals surface area contributed by atoms with Crippen LogP contribution in [0, 0.1) is 23.6 Å². The average molecular weight is 587 g/mol. The maximum Gasteiger partial charge on any atom is 0.258 e. The van der Waals surface area contributed by atoms with Gasteiger partial charge >= 0.3 is 0 Å². The van der Waals surface area contributed by atoms with Gasteiger partial charge in [0.2, 0.25) is 11.8 Å². The SMILES string of the molecule is CN1C(=O)C2CC=C3C(CC4(Cl)C(=O)N(c5ccc(F)cc5)C(=O)C4(Cl)C3c3ccc(OCCO)cc3)C2C1=O. The molecule has 2 aromatic rings. The van der Waals surface area contributed by atoms with Crippen LogP contribution in [0.1, 0.15) is 24.3 Å². The lowest BCUT2D eigenvalue weighted by molar-refractivity contribution is -0.138. The van der Waals surface area contributed by atoms with Crippen molar-refractivity contribution in [1.82, 2.24) is 4.90 Å². The molecule has 0 aromatic heterocycles. The molecule has 40 heavy (non-hydrogen) atoms. The number of carbonyl (C=O) groups excluding carboxylic acids is 4. The fraction of sp³-hybridized carbons (Fsp3) is 0.379. The highest BCUT2D eigenvalue weighted by Gasteiger charge is 2.76. The summed E-state index contributed by atoms with van der Waals surface area (Å²) in [5, 5.41) is 9.09. The van der Waals surface area contributed by atoms with Crippen molar-refractivity contribution in [1.29, 1.82) is 0 Å². The van der Waals surface area contributed by atoms with Gasteiger partial charge in [-0.3, -0.25) is 24.1 Å². The third kappa shape index (κ3) is 3.53. The molecule has 2 heterocycles. The van der Waals surface area contributed by atoms with Gasteiger partial charge in [0, 0.05) is 13.0 Å². The molecular formula is C29H25Cl2FN2O6. The van der Waals surface area contributed by atoms with Crippen molar-refractivity contribution in [3.05, 3.63) is 71.6 Å². The number of ether oxygens (including phenoxy) is 1. The number of benzene rings is 2. The van der Waals surface area contributed by atoms with Gasteiger partial charge in [0.15, 0.2) is 9.75 Å². The van der Waals surface area contributed by atoms with Gasteiger partial charge < -0.3 is 9.84 Å². The summed E-state index contributed by atoms with van der Waals surface area (Å²) in [6, 6.07) is 11.6. The number of amides is 4. The van der Waals surface area contributed by atoms with Crippen LogP contribution in [-0.2, 0) is 19.2 Å². The molecule has 208 valence electrons. The molecule has 0 spiro atoms. The van der Waals surface area contributed by atoms with E-state index in [0.29, 0.717) is 16.9 Å². The minimum atomic E-state index is -1.99. The third-order valence-corrected chi connectivity index (χ3v) is 10.1. The van der Waals surface area contributed by atoms with Gasteiger partial charge in [-0.15, -0.1) is 23.2 Å². The van der Waals surface area contributed by atoms with Crippen molar-refractivity contribution in [3.63, 3.8) is 0 Å². The first-order valence-corrected chi connectivity index (χ1v) is 13.7. The number of hydrogen-bond donors (Lipinski definition) is 1. The topological polar surface area (TPSA) is 104 Å². The van der Waals surface area contributed by atoms with Gasteiger partial charge in [-0.05, 0) is 60.7 Å². The Balaban J connectivity index is 1.52. The van der Waals surface area contributed by atoms with Crippen molar-refractivity contribution in [2.24, 2.45) is 17.8 Å². The number of likely N-dealkylation sites (tertiary alicyclic amines) is 1. The van der Waals surface area contributed by atoms with Gasteiger partial charge in [0.1, 0.15) is 18.2 Å². The van der Waals surface area contributed by atoms with Gasteiger partial charge in [-0.1, -0.05) is 23.8 Å². The Labute approximate surface area is 239 Å². The van der Waals surface area contributed by atoms with Crippen molar-refractivity contribution in [2.75, 3.05) is 25.2 Å². The standard InChI is InChI=1S/C29H25Cl2FN2O6/c1-33-24(36)20-11-10-19-21(22(20)25(33)37)14-28(30)26(38)34(17-6-4-16(32)5-7-17)27(39)29(28,31)23(19)15-2-8-18(9-3-15)40-13-12-35/h2-10,20-23,35H,11-14H2,1H3. The van der Waals surface area contributed by atoms with E-state index in [0.717, 1.165) is 21.9 Å². The molecule has 4 aliphatic rings. The van der Waals surface area contributed by atoms with Gasteiger partial charge in [0.05, 0.1) is 24.1 Å². The van der Waals surface area contributed by atoms with E-state index in [4.69, 9.17) is 33.0 Å². The average Bonchev–Trinajstić information content (AvgIpc) is 3.26. The number of imide groups is 2. The lowest BCUT2D eigenvalue weighted by Gasteiger charge is -2.50. The summed E-state index contributed by atoms with van der Waals surface area (Å²) in [5.41, 5.74) is 1.37. The van der Waals surface area contributed by atoms with Crippen LogP contribution in [0.5, 0.6) is 5.75 Å². The van der Waals surface area contributed by atoms with Crippen LogP contribution in [0.4, 0.5) is 10.1 Å². The third-order valence-electron chi connectivity index (χ3n) is 8.69. The first-order chi connectivity index (χ1) is 19.0. The zero-order valence-electron chi connectivity index (χ0n) is 21.4. The van der Waals surface area contributed by atoms with Crippen LogP contribution < -0.4 is 9.64 Å². The van der Waals surface area contributed by atoms with Crippen molar-refractivity contribution >= 4 is 52.5 Å². The highest BCUT2D eigenvalue weighted by Crippen LogP contribution is 2.65. The first-order valence-electron chi connectivity index (χ1n) is 12.9. The molecule has 2 saturated heterocycles. The summed E-state index contributed by atoms with van der Waals surface area (Å²) in [5.74, 6) is -5.11. The van der Waals surface area contributed by atoms with Crippen LogP contribution in [0.2, 0.25) is 0 Å². The Morgan fingerprint density at radius 3 is 2.30 bits per heavy atom. The summed E-state index contributed by atoms with van der Waals surface area (Å²) < 4.78 is 19.2. The largest absolute Gasteiger partial charge is 0.491 e. The molecule has 1 saturated carbocycles. The normalized spacial score (nSPS) is 33.1. The van der Waals surface area contributed by atoms with E-state index in [1.165, 1.54) is 19.2 Å². The second-order valence-electron chi connectivity index (χ2n) is 10.6. The molecule has 3 fully saturated rings. The molecule has 2 aliphatic carbocycles. The molecule has 8 nitrogen and oxygen atoms in total. The van der Waals surface area contributed by atoms with Crippen LogP contribution >= 0.6 is 23.2 Å². The number of hydrogen-bond acceptors (Lipinski definition) is 6. The molecular weight excluding hydrogens is 562 g/mol. The highest BCUT2D eigenvalue weighted by atomic mass is 35.5. The second-order valence-corrected chi connectivity index (χ2v) is 11.9. The summed E-state index contributed by atoms with van der Waals surface area (Å²) in [4.78, 5) is 52.5. The van der Waals surface area contributed by atoms with E-state index in [-0.39, 0.29) is 43.6 Å². The Morgan fingerprint density at radius 2 is 1.65 bits per heavy atom. The van der Waals surface area contributed by atoms with E-state index < -0.39 is 51.1 Å². The summed E-state index contributed by atoms with van der Waals surface area (Å²) in [6.07, 6.45) is 2.01. The van der Waals surface area contributed by atoms with E-state index in [1.807, 2.05) is 6.08 Å². The molecule has 4 amide bonds. The quantitative estimate of drug-likeness (QED) is 0.327. The monoisotopic (exact) mass is 586 g/mol. The number of aliphatic hydroxyl groups excluding tert-OH is 1. The summed E-state index contributed by atoms with van der Waals surface area (Å²) in [6.45, 7) is -0.0787.